The second kappa shape index (κ2) is 5.20. The highest BCUT2D eigenvalue weighted by Gasteiger charge is 2.36. The molecule has 0 bridgehead atoms. The van der Waals surface area contributed by atoms with Gasteiger partial charge in [0.25, 0.3) is 0 Å². The van der Waals surface area contributed by atoms with Gasteiger partial charge in [-0.3, -0.25) is 0 Å². The van der Waals surface area contributed by atoms with Gasteiger partial charge in [-0.1, -0.05) is 0 Å². The highest BCUT2D eigenvalue weighted by Crippen LogP contribution is 2.50. The summed E-state index contributed by atoms with van der Waals surface area (Å²) in [5, 5.41) is 13.5. The van der Waals surface area contributed by atoms with Gasteiger partial charge < -0.3 is 19.9 Å². The van der Waals surface area contributed by atoms with E-state index in [1.807, 2.05) is 7.05 Å². The quantitative estimate of drug-likeness (QED) is 0.885. The normalized spacial score (nSPS) is 24.9. The van der Waals surface area contributed by atoms with Crippen molar-refractivity contribution in [3.05, 3.63) is 21.2 Å². The summed E-state index contributed by atoms with van der Waals surface area (Å²) in [5.41, 5.74) is 3.11. The van der Waals surface area contributed by atoms with Gasteiger partial charge in [0.05, 0.1) is 10.6 Å². The summed E-state index contributed by atoms with van der Waals surface area (Å²) in [6, 6.07) is 0. The molecule has 0 fully saturated rings. The third-order valence-corrected chi connectivity index (χ3v) is 4.77. The lowest BCUT2D eigenvalue weighted by molar-refractivity contribution is 0.167. The Labute approximate surface area is 127 Å². The van der Waals surface area contributed by atoms with E-state index in [1.54, 1.807) is 0 Å². The topological polar surface area (TPSA) is 50.7 Å². The number of hydrogen-bond acceptors (Lipinski definition) is 4. The first kappa shape index (κ1) is 14.2. The van der Waals surface area contributed by atoms with Crippen LogP contribution in [0, 0.1) is 0 Å². The lowest BCUT2D eigenvalue weighted by Crippen LogP contribution is -2.19. The Morgan fingerprint density at radius 1 is 1.20 bits per heavy atom. The lowest BCUT2D eigenvalue weighted by atomic mass is 9.94. The third-order valence-electron chi connectivity index (χ3n) is 3.93. The second-order valence-corrected chi connectivity index (χ2v) is 6.47. The molecule has 2 aliphatic heterocycles. The maximum Gasteiger partial charge on any atom is 0.138 e. The number of ether oxygens (including phenoxy) is 2. The second-order valence-electron chi connectivity index (χ2n) is 5.68. The zero-order chi connectivity index (χ0) is 14.4. The molecule has 0 saturated carbocycles. The smallest absolute Gasteiger partial charge is 0.138 e. The molecule has 0 radical (unpaired) electrons. The molecule has 3 unspecified atom stereocenters. The molecule has 0 saturated heterocycles. The molecule has 5 heteroatoms. The van der Waals surface area contributed by atoms with E-state index in [4.69, 9.17) is 9.47 Å². The van der Waals surface area contributed by atoms with Crippen LogP contribution in [-0.2, 0) is 12.8 Å². The predicted octanol–water partition coefficient (Wildman–Crippen LogP) is 2.35. The summed E-state index contributed by atoms with van der Waals surface area (Å²) >= 11 is 3.66. The van der Waals surface area contributed by atoms with E-state index >= 15 is 0 Å². The van der Waals surface area contributed by atoms with E-state index in [2.05, 4.69) is 35.1 Å². The van der Waals surface area contributed by atoms with Crippen LogP contribution < -0.4 is 14.8 Å². The van der Waals surface area contributed by atoms with Gasteiger partial charge in [-0.2, -0.15) is 0 Å². The van der Waals surface area contributed by atoms with Gasteiger partial charge >= 0.3 is 0 Å². The molecule has 3 rings (SSSR count). The van der Waals surface area contributed by atoms with Gasteiger partial charge in [-0.15, -0.1) is 0 Å². The first-order valence-electron chi connectivity index (χ1n) is 7.06. The summed E-state index contributed by atoms with van der Waals surface area (Å²) in [5.74, 6) is 1.74. The first-order chi connectivity index (χ1) is 9.52. The number of rotatable bonds is 3. The number of fused-ring (bicyclic) bond motifs is 2. The van der Waals surface area contributed by atoms with Crippen molar-refractivity contribution in [3.63, 3.8) is 0 Å². The van der Waals surface area contributed by atoms with Crippen LogP contribution in [0.25, 0.3) is 0 Å². The summed E-state index contributed by atoms with van der Waals surface area (Å²) in [6.07, 6.45) is 1.37. The molecule has 3 atom stereocenters. The van der Waals surface area contributed by atoms with Gasteiger partial charge in [0, 0.05) is 36.1 Å². The minimum Gasteiger partial charge on any atom is -0.490 e. The highest BCUT2D eigenvalue weighted by molar-refractivity contribution is 9.10. The number of halogens is 1. The lowest BCUT2D eigenvalue weighted by Gasteiger charge is -2.19. The molecule has 0 spiro atoms. The van der Waals surface area contributed by atoms with Crippen LogP contribution >= 0.6 is 15.9 Å². The third kappa shape index (κ3) is 2.12. The average molecular weight is 342 g/mol. The largest absolute Gasteiger partial charge is 0.490 e. The van der Waals surface area contributed by atoms with Gasteiger partial charge in [0.2, 0.25) is 0 Å². The molecule has 1 aromatic carbocycles. The number of likely N-dealkylation sites (N-methyl/N-ethyl adjacent to an activating group) is 1. The predicted molar refractivity (Wildman–Crippen MR) is 80.6 cm³/mol. The summed E-state index contributed by atoms with van der Waals surface area (Å²) in [7, 11) is 1.84. The molecule has 4 nitrogen and oxygen atoms in total. The molecular formula is C15H20BrNO3. The summed E-state index contributed by atoms with van der Waals surface area (Å²) in [6.45, 7) is 4.61. The van der Waals surface area contributed by atoms with E-state index in [-0.39, 0.29) is 12.2 Å². The molecule has 0 amide bonds. The Kier molecular flexibility index (Phi) is 3.69. The van der Waals surface area contributed by atoms with Crippen LogP contribution in [0.1, 0.15) is 36.6 Å². The van der Waals surface area contributed by atoms with E-state index in [9.17, 15) is 5.11 Å². The van der Waals surface area contributed by atoms with Crippen molar-refractivity contribution in [1.29, 1.82) is 0 Å². The minimum absolute atomic E-state index is 0.141. The van der Waals surface area contributed by atoms with Crippen LogP contribution in [0.3, 0.4) is 0 Å². The molecule has 1 aromatic rings. The van der Waals surface area contributed by atoms with E-state index < -0.39 is 6.10 Å². The van der Waals surface area contributed by atoms with E-state index in [0.29, 0.717) is 6.54 Å². The van der Waals surface area contributed by atoms with Gasteiger partial charge in [-0.05, 0) is 36.8 Å². The zero-order valence-electron chi connectivity index (χ0n) is 12.0. The van der Waals surface area contributed by atoms with Gasteiger partial charge in [-0.25, -0.2) is 0 Å². The van der Waals surface area contributed by atoms with Crippen molar-refractivity contribution in [2.45, 2.75) is 45.0 Å². The molecule has 2 N–H and O–H groups in total. The SMILES string of the molecule is CNCC(O)c1c2c(c(Br)c3c1OC(C)C3)OC(C)C2. The first-order valence-corrected chi connectivity index (χ1v) is 7.85. The van der Waals surface area contributed by atoms with Crippen LogP contribution in [-0.4, -0.2) is 30.9 Å². The Hall–Kier alpha value is -0.780. The van der Waals surface area contributed by atoms with E-state index in [1.165, 1.54) is 0 Å². The number of nitrogens with one attached hydrogen (secondary N) is 1. The van der Waals surface area contributed by atoms with Crippen LogP contribution in [0.2, 0.25) is 0 Å². The minimum atomic E-state index is -0.574. The summed E-state index contributed by atoms with van der Waals surface area (Å²) in [4.78, 5) is 0. The van der Waals surface area contributed by atoms with Gasteiger partial charge in [0.1, 0.15) is 23.7 Å². The molecule has 2 heterocycles. The van der Waals surface area contributed by atoms with Crippen molar-refractivity contribution in [2.75, 3.05) is 13.6 Å². The molecule has 2 aliphatic rings. The fraction of sp³-hybridized carbons (Fsp3) is 0.600. The molecular weight excluding hydrogens is 322 g/mol. The number of benzene rings is 1. The Bertz CT molecular complexity index is 507. The van der Waals surface area contributed by atoms with Crippen molar-refractivity contribution in [2.24, 2.45) is 0 Å². The van der Waals surface area contributed by atoms with Crippen molar-refractivity contribution >= 4 is 15.9 Å². The van der Waals surface area contributed by atoms with Crippen LogP contribution in [0.15, 0.2) is 4.47 Å². The van der Waals surface area contributed by atoms with Crippen molar-refractivity contribution in [3.8, 4) is 11.5 Å². The zero-order valence-corrected chi connectivity index (χ0v) is 13.6. The summed E-state index contributed by atoms with van der Waals surface area (Å²) < 4.78 is 12.9. The maximum atomic E-state index is 10.5. The molecule has 110 valence electrons. The fourth-order valence-electron chi connectivity index (χ4n) is 3.14. The Morgan fingerprint density at radius 3 is 2.45 bits per heavy atom. The van der Waals surface area contributed by atoms with Gasteiger partial charge in [0.15, 0.2) is 0 Å². The molecule has 20 heavy (non-hydrogen) atoms. The average Bonchev–Trinajstić information content (AvgIpc) is 2.93. The van der Waals surface area contributed by atoms with Crippen LogP contribution in [0.5, 0.6) is 11.5 Å². The van der Waals surface area contributed by atoms with Crippen molar-refractivity contribution in [1.82, 2.24) is 5.32 Å². The Balaban J connectivity index is 2.17. The maximum absolute atomic E-state index is 10.5. The number of hydrogen-bond donors (Lipinski definition) is 2. The standard InChI is InChI=1S/C15H20BrNO3/c1-7-4-9-12(11(18)6-17-3)14-10(5-8(2)19-14)13(16)15(9)20-7/h7-8,11,17-18H,4-6H2,1-3H3. The Morgan fingerprint density at radius 2 is 1.80 bits per heavy atom. The van der Waals surface area contributed by atoms with E-state index in [0.717, 1.165) is 45.5 Å². The van der Waals surface area contributed by atoms with Crippen LogP contribution in [0.4, 0.5) is 0 Å². The highest BCUT2D eigenvalue weighted by atomic mass is 79.9. The number of aliphatic hydroxyl groups excluding tert-OH is 1. The van der Waals surface area contributed by atoms with Crippen molar-refractivity contribution < 1.29 is 14.6 Å². The molecule has 0 aromatic heterocycles. The molecule has 0 aliphatic carbocycles. The fourth-order valence-corrected chi connectivity index (χ4v) is 3.82. The number of aliphatic hydroxyl groups is 1. The monoisotopic (exact) mass is 341 g/mol.